The fourth-order valence-corrected chi connectivity index (χ4v) is 2.28. The number of rotatable bonds is 7. The van der Waals surface area contributed by atoms with Gasteiger partial charge in [0.15, 0.2) is 0 Å². The van der Waals surface area contributed by atoms with Crippen molar-refractivity contribution in [3.05, 3.63) is 54.1 Å². The summed E-state index contributed by atoms with van der Waals surface area (Å²) in [6, 6.07) is 6.78. The Morgan fingerprint density at radius 3 is 2.89 bits per heavy atom. The van der Waals surface area contributed by atoms with Crippen LogP contribution in [0.4, 0.5) is 0 Å². The van der Waals surface area contributed by atoms with Gasteiger partial charge in [-0.1, -0.05) is 19.9 Å². The molecular formula is C16H23N3. The zero-order valence-corrected chi connectivity index (χ0v) is 11.8. The Morgan fingerprint density at radius 2 is 2.21 bits per heavy atom. The third-order valence-electron chi connectivity index (χ3n) is 3.31. The number of hydrogen-bond acceptors (Lipinski definition) is 2. The molecule has 0 aromatic carbocycles. The van der Waals surface area contributed by atoms with E-state index in [1.165, 1.54) is 17.5 Å². The summed E-state index contributed by atoms with van der Waals surface area (Å²) in [4.78, 5) is 4.15. The topological polar surface area (TPSA) is 29.9 Å². The lowest BCUT2D eigenvalue weighted by molar-refractivity contribution is 0.517. The van der Waals surface area contributed by atoms with Gasteiger partial charge in [-0.15, -0.1) is 0 Å². The third-order valence-corrected chi connectivity index (χ3v) is 3.31. The minimum Gasteiger partial charge on any atom is -0.350 e. The molecule has 3 nitrogen and oxygen atoms in total. The van der Waals surface area contributed by atoms with Gasteiger partial charge in [-0.2, -0.15) is 0 Å². The van der Waals surface area contributed by atoms with Crippen molar-refractivity contribution >= 4 is 0 Å². The molecule has 2 aromatic heterocycles. The first kappa shape index (κ1) is 13.8. The molecule has 0 aliphatic heterocycles. The number of aromatic nitrogens is 2. The van der Waals surface area contributed by atoms with Crippen LogP contribution in [0.2, 0.25) is 0 Å². The van der Waals surface area contributed by atoms with Gasteiger partial charge in [-0.05, 0) is 42.6 Å². The van der Waals surface area contributed by atoms with Gasteiger partial charge in [-0.25, -0.2) is 0 Å². The van der Waals surface area contributed by atoms with E-state index < -0.39 is 0 Å². The van der Waals surface area contributed by atoms with E-state index in [2.05, 4.69) is 53.2 Å². The van der Waals surface area contributed by atoms with Gasteiger partial charge in [0.1, 0.15) is 0 Å². The third kappa shape index (κ3) is 3.93. The van der Waals surface area contributed by atoms with Crippen molar-refractivity contribution in [3.63, 3.8) is 0 Å². The first-order valence-corrected chi connectivity index (χ1v) is 7.11. The summed E-state index contributed by atoms with van der Waals surface area (Å²) >= 11 is 0. The first-order chi connectivity index (χ1) is 9.33. The van der Waals surface area contributed by atoms with E-state index in [0.717, 1.165) is 19.5 Å². The number of hydrogen-bond donors (Lipinski definition) is 1. The fourth-order valence-electron chi connectivity index (χ4n) is 2.28. The molecule has 3 heteroatoms. The molecule has 0 saturated carbocycles. The lowest BCUT2D eigenvalue weighted by atomic mass is 10.1. The normalized spacial score (nSPS) is 12.5. The van der Waals surface area contributed by atoms with Gasteiger partial charge in [-0.3, -0.25) is 4.98 Å². The highest BCUT2D eigenvalue weighted by Gasteiger charge is 2.09. The summed E-state index contributed by atoms with van der Waals surface area (Å²) in [5.74, 6) is 0. The molecule has 1 unspecified atom stereocenters. The van der Waals surface area contributed by atoms with Crippen molar-refractivity contribution in [1.82, 2.24) is 14.9 Å². The summed E-state index contributed by atoms with van der Waals surface area (Å²) in [5, 5.41) is 3.59. The molecule has 1 N–H and O–H groups in total. The molecule has 0 radical (unpaired) electrons. The van der Waals surface area contributed by atoms with Crippen molar-refractivity contribution in [2.75, 3.05) is 6.54 Å². The van der Waals surface area contributed by atoms with Gasteiger partial charge >= 0.3 is 0 Å². The van der Waals surface area contributed by atoms with Gasteiger partial charge in [0.2, 0.25) is 0 Å². The molecule has 0 fully saturated rings. The largest absolute Gasteiger partial charge is 0.350 e. The second-order valence-electron chi connectivity index (χ2n) is 4.89. The highest BCUT2D eigenvalue weighted by molar-refractivity contribution is 5.17. The maximum absolute atomic E-state index is 4.15. The Balaban J connectivity index is 2.01. The second kappa shape index (κ2) is 7.10. The average Bonchev–Trinajstić information content (AvgIpc) is 2.89. The van der Waals surface area contributed by atoms with E-state index in [4.69, 9.17) is 0 Å². The second-order valence-corrected chi connectivity index (χ2v) is 4.89. The first-order valence-electron chi connectivity index (χ1n) is 7.11. The van der Waals surface area contributed by atoms with E-state index in [1.54, 1.807) is 0 Å². The predicted octanol–water partition coefficient (Wildman–Crippen LogP) is 3.38. The Hall–Kier alpha value is -1.61. The molecule has 0 saturated heterocycles. The Bertz CT molecular complexity index is 476. The van der Waals surface area contributed by atoms with Gasteiger partial charge in [0.05, 0.1) is 0 Å². The van der Waals surface area contributed by atoms with Crippen LogP contribution in [0.3, 0.4) is 0 Å². The lowest BCUT2D eigenvalue weighted by Gasteiger charge is -2.15. The molecule has 1 atom stereocenters. The lowest BCUT2D eigenvalue weighted by Crippen LogP contribution is -2.21. The smallest absolute Gasteiger partial charge is 0.0485 e. The van der Waals surface area contributed by atoms with E-state index in [0.29, 0.717) is 6.04 Å². The molecule has 0 bridgehead atoms. The number of pyridine rings is 1. The molecule has 2 aromatic rings. The summed E-state index contributed by atoms with van der Waals surface area (Å²) in [7, 11) is 0. The van der Waals surface area contributed by atoms with Crippen molar-refractivity contribution < 1.29 is 0 Å². The van der Waals surface area contributed by atoms with Crippen LogP contribution in [0.5, 0.6) is 0 Å². The maximum atomic E-state index is 4.15. The van der Waals surface area contributed by atoms with Crippen LogP contribution in [-0.4, -0.2) is 16.1 Å². The van der Waals surface area contributed by atoms with Crippen LogP contribution in [-0.2, 0) is 6.54 Å². The highest BCUT2D eigenvalue weighted by Crippen LogP contribution is 2.17. The summed E-state index contributed by atoms with van der Waals surface area (Å²) in [5.41, 5.74) is 2.61. The molecule has 102 valence electrons. The number of nitrogens with zero attached hydrogens (tertiary/aromatic N) is 2. The van der Waals surface area contributed by atoms with Crippen molar-refractivity contribution in [2.24, 2.45) is 0 Å². The average molecular weight is 257 g/mol. The monoisotopic (exact) mass is 257 g/mol. The van der Waals surface area contributed by atoms with E-state index in [-0.39, 0.29) is 0 Å². The van der Waals surface area contributed by atoms with Crippen molar-refractivity contribution in [1.29, 1.82) is 0 Å². The molecular weight excluding hydrogens is 234 g/mol. The summed E-state index contributed by atoms with van der Waals surface area (Å²) in [6.07, 6.45) is 10.4. The Labute approximate surface area is 115 Å². The fraction of sp³-hybridized carbons (Fsp3) is 0.438. The summed E-state index contributed by atoms with van der Waals surface area (Å²) in [6.45, 7) is 6.39. The molecule has 0 aliphatic rings. The molecule has 0 aliphatic carbocycles. The van der Waals surface area contributed by atoms with Crippen LogP contribution < -0.4 is 5.32 Å². The minimum absolute atomic E-state index is 0.468. The summed E-state index contributed by atoms with van der Waals surface area (Å²) < 4.78 is 2.22. The molecule has 2 heterocycles. The van der Waals surface area contributed by atoms with E-state index in [9.17, 15) is 0 Å². The maximum Gasteiger partial charge on any atom is 0.0485 e. The van der Waals surface area contributed by atoms with Crippen LogP contribution >= 0.6 is 0 Å². The zero-order valence-electron chi connectivity index (χ0n) is 11.8. The minimum atomic E-state index is 0.468. The molecule has 2 rings (SSSR count). The molecule has 0 amide bonds. The SMILES string of the molecule is CCCNC(CC)c1ccn(Cc2cccnc2)c1. The van der Waals surface area contributed by atoms with Gasteiger partial charge in [0.25, 0.3) is 0 Å². The van der Waals surface area contributed by atoms with Crippen molar-refractivity contribution in [3.8, 4) is 0 Å². The van der Waals surface area contributed by atoms with Crippen LogP contribution in [0.25, 0.3) is 0 Å². The highest BCUT2D eigenvalue weighted by atomic mass is 15.0. The van der Waals surface area contributed by atoms with Gasteiger partial charge in [0, 0.05) is 37.4 Å². The quantitative estimate of drug-likeness (QED) is 0.824. The van der Waals surface area contributed by atoms with Crippen LogP contribution in [0.15, 0.2) is 43.0 Å². The molecule has 0 spiro atoms. The van der Waals surface area contributed by atoms with E-state index >= 15 is 0 Å². The molecule has 19 heavy (non-hydrogen) atoms. The Morgan fingerprint density at radius 1 is 1.32 bits per heavy atom. The number of nitrogens with one attached hydrogen (secondary N) is 1. The standard InChI is InChI=1S/C16H23N3/c1-3-8-18-16(4-2)15-7-10-19(13-15)12-14-6-5-9-17-11-14/h5-7,9-11,13,16,18H,3-4,8,12H2,1-2H3. The van der Waals surface area contributed by atoms with Gasteiger partial charge < -0.3 is 9.88 Å². The van der Waals surface area contributed by atoms with E-state index in [1.807, 2.05) is 18.5 Å². The van der Waals surface area contributed by atoms with Crippen LogP contribution in [0.1, 0.15) is 43.9 Å². The van der Waals surface area contributed by atoms with Crippen molar-refractivity contribution in [2.45, 2.75) is 39.3 Å². The zero-order chi connectivity index (χ0) is 13.5. The van der Waals surface area contributed by atoms with Crippen LogP contribution in [0, 0.1) is 0 Å². The predicted molar refractivity (Wildman–Crippen MR) is 79.1 cm³/mol. The Kier molecular flexibility index (Phi) is 5.16.